The summed E-state index contributed by atoms with van der Waals surface area (Å²) in [5.41, 5.74) is 1.64. The highest BCUT2D eigenvalue weighted by Crippen LogP contribution is 2.38. The highest BCUT2D eigenvalue weighted by Gasteiger charge is 2.43. The summed E-state index contributed by atoms with van der Waals surface area (Å²) in [4.78, 5) is 14.4. The van der Waals surface area contributed by atoms with E-state index < -0.39 is 0 Å². The second kappa shape index (κ2) is 3.61. The lowest BCUT2D eigenvalue weighted by Gasteiger charge is -2.48. The molecule has 0 aliphatic carbocycles. The minimum atomic E-state index is -0.294. The van der Waals surface area contributed by atoms with Gasteiger partial charge in [-0.1, -0.05) is 23.8 Å². The fraction of sp³-hybridized carbons (Fsp3) is 0.400. The van der Waals surface area contributed by atoms with Gasteiger partial charge in [-0.2, -0.15) is 0 Å². The van der Waals surface area contributed by atoms with Crippen LogP contribution in [-0.2, 0) is 0 Å². The molecule has 2 aliphatic heterocycles. The van der Waals surface area contributed by atoms with Crippen LogP contribution in [-0.4, -0.2) is 22.6 Å². The van der Waals surface area contributed by atoms with Gasteiger partial charge in [0, 0.05) is 6.42 Å². The monoisotopic (exact) mass is 243 g/mol. The fourth-order valence-corrected chi connectivity index (χ4v) is 2.98. The minimum Gasteiger partial charge on any atom is -0.469 e. The SMILES string of the molecule is CC1=CC(C)(C)N2C(=O)c3ccccc3OC2C1. The number of rotatable bonds is 0. The summed E-state index contributed by atoms with van der Waals surface area (Å²) in [5, 5.41) is 0. The predicted octanol–water partition coefficient (Wildman–Crippen LogP) is 2.98. The molecule has 0 aromatic heterocycles. The van der Waals surface area contributed by atoms with Crippen LogP contribution in [0.25, 0.3) is 0 Å². The average molecular weight is 243 g/mol. The summed E-state index contributed by atoms with van der Waals surface area (Å²) < 4.78 is 5.98. The Balaban J connectivity index is 2.10. The van der Waals surface area contributed by atoms with Crippen molar-refractivity contribution in [2.45, 2.75) is 39.0 Å². The molecule has 3 nitrogen and oxygen atoms in total. The summed E-state index contributed by atoms with van der Waals surface area (Å²) >= 11 is 0. The van der Waals surface area contributed by atoms with Crippen LogP contribution < -0.4 is 4.74 Å². The van der Waals surface area contributed by atoms with Gasteiger partial charge in [-0.05, 0) is 32.9 Å². The fourth-order valence-electron chi connectivity index (χ4n) is 2.98. The van der Waals surface area contributed by atoms with E-state index in [0.717, 1.165) is 6.42 Å². The lowest BCUT2D eigenvalue weighted by molar-refractivity contribution is -0.0265. The molecule has 2 heterocycles. The van der Waals surface area contributed by atoms with Crippen molar-refractivity contribution in [1.82, 2.24) is 4.90 Å². The molecule has 0 fully saturated rings. The second-order valence-electron chi connectivity index (χ2n) is 5.59. The Kier molecular flexibility index (Phi) is 2.27. The Morgan fingerprint density at radius 1 is 1.33 bits per heavy atom. The van der Waals surface area contributed by atoms with Crippen molar-refractivity contribution in [2.24, 2.45) is 0 Å². The topological polar surface area (TPSA) is 29.5 Å². The first kappa shape index (κ1) is 11.3. The van der Waals surface area contributed by atoms with Crippen molar-refractivity contribution in [3.8, 4) is 5.75 Å². The lowest BCUT2D eigenvalue weighted by Crippen LogP contribution is -2.58. The quantitative estimate of drug-likeness (QED) is 0.656. The van der Waals surface area contributed by atoms with E-state index in [0.29, 0.717) is 11.3 Å². The Hall–Kier alpha value is -1.77. The number of hydrogen-bond acceptors (Lipinski definition) is 2. The van der Waals surface area contributed by atoms with Crippen molar-refractivity contribution >= 4 is 5.91 Å². The lowest BCUT2D eigenvalue weighted by atomic mass is 9.90. The largest absolute Gasteiger partial charge is 0.469 e. The number of carbonyl (C=O) groups is 1. The van der Waals surface area contributed by atoms with Crippen LogP contribution in [0.2, 0.25) is 0 Å². The van der Waals surface area contributed by atoms with Gasteiger partial charge in [-0.25, -0.2) is 0 Å². The molecule has 0 radical (unpaired) electrons. The molecule has 1 atom stereocenters. The zero-order valence-corrected chi connectivity index (χ0v) is 10.9. The Labute approximate surface area is 107 Å². The third kappa shape index (κ3) is 1.54. The molecular weight excluding hydrogens is 226 g/mol. The van der Waals surface area contributed by atoms with Gasteiger partial charge in [0.15, 0.2) is 6.23 Å². The highest BCUT2D eigenvalue weighted by molar-refractivity contribution is 5.98. The molecule has 1 aromatic rings. The first-order chi connectivity index (χ1) is 8.49. The summed E-state index contributed by atoms with van der Waals surface area (Å²) in [7, 11) is 0. The summed E-state index contributed by atoms with van der Waals surface area (Å²) in [6.45, 7) is 6.20. The summed E-state index contributed by atoms with van der Waals surface area (Å²) in [6, 6.07) is 7.47. The van der Waals surface area contributed by atoms with Gasteiger partial charge < -0.3 is 4.74 Å². The van der Waals surface area contributed by atoms with E-state index >= 15 is 0 Å². The van der Waals surface area contributed by atoms with Gasteiger partial charge in [0.25, 0.3) is 5.91 Å². The molecule has 1 aromatic carbocycles. The number of carbonyl (C=O) groups excluding carboxylic acids is 1. The van der Waals surface area contributed by atoms with E-state index in [-0.39, 0.29) is 17.7 Å². The van der Waals surface area contributed by atoms with Gasteiger partial charge in [0.2, 0.25) is 0 Å². The zero-order valence-electron chi connectivity index (χ0n) is 10.9. The number of hydrogen-bond donors (Lipinski definition) is 0. The average Bonchev–Trinajstić information content (AvgIpc) is 2.26. The summed E-state index contributed by atoms with van der Waals surface area (Å²) in [5.74, 6) is 0.768. The summed E-state index contributed by atoms with van der Waals surface area (Å²) in [6.07, 6.45) is 2.76. The van der Waals surface area contributed by atoms with E-state index in [4.69, 9.17) is 4.74 Å². The van der Waals surface area contributed by atoms with E-state index in [1.807, 2.05) is 29.2 Å². The standard InChI is InChI=1S/C15H17NO2/c1-10-8-13-16(15(2,3)9-10)14(17)11-6-4-5-7-12(11)18-13/h4-7,9,13H,8H2,1-3H3. The molecule has 18 heavy (non-hydrogen) atoms. The third-order valence-corrected chi connectivity index (χ3v) is 3.60. The molecule has 3 rings (SSSR count). The van der Waals surface area contributed by atoms with E-state index in [9.17, 15) is 4.79 Å². The zero-order chi connectivity index (χ0) is 12.9. The number of fused-ring (bicyclic) bond motifs is 2. The molecule has 1 amide bonds. The van der Waals surface area contributed by atoms with Crippen molar-refractivity contribution in [2.75, 3.05) is 0 Å². The van der Waals surface area contributed by atoms with Crippen molar-refractivity contribution in [3.63, 3.8) is 0 Å². The number of amides is 1. The van der Waals surface area contributed by atoms with E-state index in [2.05, 4.69) is 26.8 Å². The van der Waals surface area contributed by atoms with Crippen molar-refractivity contribution in [3.05, 3.63) is 41.5 Å². The van der Waals surface area contributed by atoms with Gasteiger partial charge in [-0.3, -0.25) is 9.69 Å². The third-order valence-electron chi connectivity index (χ3n) is 3.60. The molecule has 0 spiro atoms. The minimum absolute atomic E-state index is 0.0654. The maximum Gasteiger partial charge on any atom is 0.261 e. The van der Waals surface area contributed by atoms with Gasteiger partial charge >= 0.3 is 0 Å². The Bertz CT molecular complexity index is 545. The Morgan fingerprint density at radius 2 is 2.06 bits per heavy atom. The molecular formula is C15H17NO2. The van der Waals surface area contributed by atoms with Crippen LogP contribution in [0.5, 0.6) is 5.75 Å². The van der Waals surface area contributed by atoms with Gasteiger partial charge in [0.05, 0.1) is 11.1 Å². The molecule has 94 valence electrons. The van der Waals surface area contributed by atoms with Crippen molar-refractivity contribution in [1.29, 1.82) is 0 Å². The van der Waals surface area contributed by atoms with E-state index in [1.165, 1.54) is 5.57 Å². The molecule has 0 N–H and O–H groups in total. The van der Waals surface area contributed by atoms with Crippen LogP contribution >= 0.6 is 0 Å². The first-order valence-corrected chi connectivity index (χ1v) is 6.27. The number of benzene rings is 1. The van der Waals surface area contributed by atoms with Gasteiger partial charge in [0.1, 0.15) is 5.75 Å². The predicted molar refractivity (Wildman–Crippen MR) is 69.5 cm³/mol. The van der Waals surface area contributed by atoms with Crippen LogP contribution in [0, 0.1) is 0 Å². The maximum atomic E-state index is 12.6. The Morgan fingerprint density at radius 3 is 2.83 bits per heavy atom. The molecule has 3 heteroatoms. The molecule has 2 aliphatic rings. The van der Waals surface area contributed by atoms with Gasteiger partial charge in [-0.15, -0.1) is 0 Å². The maximum absolute atomic E-state index is 12.6. The van der Waals surface area contributed by atoms with E-state index in [1.54, 1.807) is 0 Å². The highest BCUT2D eigenvalue weighted by atomic mass is 16.5. The van der Waals surface area contributed by atoms with Crippen LogP contribution in [0.15, 0.2) is 35.9 Å². The second-order valence-corrected chi connectivity index (χ2v) is 5.59. The van der Waals surface area contributed by atoms with Crippen LogP contribution in [0.3, 0.4) is 0 Å². The molecule has 0 bridgehead atoms. The van der Waals surface area contributed by atoms with Crippen molar-refractivity contribution < 1.29 is 9.53 Å². The van der Waals surface area contributed by atoms with Crippen LogP contribution in [0.1, 0.15) is 37.6 Å². The number of ether oxygens (including phenoxy) is 1. The molecule has 0 saturated carbocycles. The smallest absolute Gasteiger partial charge is 0.261 e. The van der Waals surface area contributed by atoms with Crippen LogP contribution in [0.4, 0.5) is 0 Å². The molecule has 1 unspecified atom stereocenters. The number of nitrogens with zero attached hydrogens (tertiary/aromatic N) is 1. The normalized spacial score (nSPS) is 24.8. The first-order valence-electron chi connectivity index (χ1n) is 6.27. The number of para-hydroxylation sites is 1. The molecule has 0 saturated heterocycles.